The van der Waals surface area contributed by atoms with E-state index in [4.69, 9.17) is 4.74 Å². The molecule has 0 spiro atoms. The number of hydrogen-bond donors (Lipinski definition) is 0. The van der Waals surface area contributed by atoms with Gasteiger partial charge in [-0.3, -0.25) is 0 Å². The maximum absolute atomic E-state index is 5.84. The first-order valence-electron chi connectivity index (χ1n) is 4.72. The van der Waals surface area contributed by atoms with Crippen molar-refractivity contribution in [2.45, 2.75) is 53.2 Å². The van der Waals surface area contributed by atoms with Crippen LogP contribution in [0.4, 0.5) is 0 Å². The molecule has 0 amide bonds. The zero-order valence-corrected chi connectivity index (χ0v) is 8.85. The average molecular weight is 168 g/mol. The molecular formula is C11H20O. The molecule has 0 aromatic rings. The predicted octanol–water partition coefficient (Wildman–Crippen LogP) is 3.16. The van der Waals surface area contributed by atoms with Gasteiger partial charge in [0.25, 0.3) is 0 Å². The van der Waals surface area contributed by atoms with Crippen LogP contribution in [0.1, 0.15) is 41.0 Å². The normalized spacial score (nSPS) is 31.6. The lowest BCUT2D eigenvalue weighted by Gasteiger charge is -2.34. The monoisotopic (exact) mass is 168 g/mol. The van der Waals surface area contributed by atoms with Crippen molar-refractivity contribution in [1.29, 1.82) is 0 Å². The first-order valence-corrected chi connectivity index (χ1v) is 4.72. The quantitative estimate of drug-likeness (QED) is 0.505. The molecule has 1 heteroatoms. The molecule has 1 aliphatic heterocycles. The topological polar surface area (TPSA) is 9.23 Å². The second kappa shape index (κ2) is 3.21. The number of hydrogen-bond acceptors (Lipinski definition) is 1. The molecular weight excluding hydrogens is 148 g/mol. The van der Waals surface area contributed by atoms with Gasteiger partial charge in [-0.1, -0.05) is 32.4 Å². The van der Waals surface area contributed by atoms with Crippen molar-refractivity contribution < 1.29 is 4.74 Å². The maximum atomic E-state index is 5.84. The van der Waals surface area contributed by atoms with E-state index in [1.807, 2.05) is 0 Å². The van der Waals surface area contributed by atoms with Gasteiger partial charge in [0.2, 0.25) is 0 Å². The highest BCUT2D eigenvalue weighted by Crippen LogP contribution is 2.30. The Morgan fingerprint density at radius 1 is 1.42 bits per heavy atom. The zero-order chi connectivity index (χ0) is 9.35. The number of rotatable bonds is 0. The molecule has 12 heavy (non-hydrogen) atoms. The van der Waals surface area contributed by atoms with Gasteiger partial charge in [-0.15, -0.1) is 0 Å². The summed E-state index contributed by atoms with van der Waals surface area (Å²) in [5.74, 6) is 0. The van der Waals surface area contributed by atoms with E-state index in [2.05, 4.69) is 40.7 Å². The van der Waals surface area contributed by atoms with Crippen LogP contribution < -0.4 is 0 Å². The Morgan fingerprint density at radius 3 is 2.42 bits per heavy atom. The van der Waals surface area contributed by atoms with E-state index < -0.39 is 0 Å². The molecule has 1 aliphatic rings. The lowest BCUT2D eigenvalue weighted by molar-refractivity contribution is -0.0393. The standard InChI is InChI=1S/C11H20O/c1-8-6-9(2)12-10(7-8)11(3,4)5/h7,9-10H,6H2,1-5H3/t9-,10-/m1/s1. The molecule has 0 aromatic heterocycles. The third-order valence-corrected chi connectivity index (χ3v) is 2.28. The van der Waals surface area contributed by atoms with Crippen molar-refractivity contribution in [3.63, 3.8) is 0 Å². The summed E-state index contributed by atoms with van der Waals surface area (Å²) in [5.41, 5.74) is 1.70. The molecule has 0 saturated carbocycles. The van der Waals surface area contributed by atoms with E-state index in [1.54, 1.807) is 0 Å². The van der Waals surface area contributed by atoms with E-state index in [-0.39, 0.29) is 5.41 Å². The average Bonchev–Trinajstić information content (AvgIpc) is 1.82. The van der Waals surface area contributed by atoms with E-state index >= 15 is 0 Å². The summed E-state index contributed by atoms with van der Waals surface area (Å²) in [6.45, 7) is 11.0. The zero-order valence-electron chi connectivity index (χ0n) is 8.85. The molecule has 1 heterocycles. The highest BCUT2D eigenvalue weighted by molar-refractivity contribution is 5.09. The van der Waals surface area contributed by atoms with Gasteiger partial charge in [0, 0.05) is 0 Å². The maximum Gasteiger partial charge on any atom is 0.0810 e. The molecule has 1 rings (SSSR count). The van der Waals surface area contributed by atoms with Crippen LogP contribution in [0.5, 0.6) is 0 Å². The van der Waals surface area contributed by atoms with Gasteiger partial charge >= 0.3 is 0 Å². The van der Waals surface area contributed by atoms with Gasteiger partial charge in [0.05, 0.1) is 12.2 Å². The van der Waals surface area contributed by atoms with Crippen LogP contribution in [0.3, 0.4) is 0 Å². The fourth-order valence-electron chi connectivity index (χ4n) is 1.57. The minimum atomic E-state index is 0.232. The molecule has 0 saturated heterocycles. The summed E-state index contributed by atoms with van der Waals surface area (Å²) in [6.07, 6.45) is 4.03. The minimum absolute atomic E-state index is 0.232. The van der Waals surface area contributed by atoms with Gasteiger partial charge in [0.15, 0.2) is 0 Å². The third kappa shape index (κ3) is 2.34. The van der Waals surface area contributed by atoms with Gasteiger partial charge < -0.3 is 4.74 Å². The van der Waals surface area contributed by atoms with Crippen molar-refractivity contribution in [2.24, 2.45) is 5.41 Å². The second-order valence-corrected chi connectivity index (χ2v) is 4.95. The summed E-state index contributed by atoms with van der Waals surface area (Å²) in [7, 11) is 0. The first-order chi connectivity index (χ1) is 5.39. The highest BCUT2D eigenvalue weighted by Gasteiger charge is 2.28. The third-order valence-electron chi connectivity index (χ3n) is 2.28. The second-order valence-electron chi connectivity index (χ2n) is 4.95. The van der Waals surface area contributed by atoms with Gasteiger partial charge in [-0.2, -0.15) is 0 Å². The molecule has 70 valence electrons. The number of ether oxygens (including phenoxy) is 1. The molecule has 1 nitrogen and oxygen atoms in total. The van der Waals surface area contributed by atoms with Crippen molar-refractivity contribution in [3.05, 3.63) is 11.6 Å². The minimum Gasteiger partial charge on any atom is -0.370 e. The van der Waals surface area contributed by atoms with Gasteiger partial charge in [-0.05, 0) is 25.7 Å². The Hall–Kier alpha value is -0.300. The Balaban J connectivity index is 2.73. The van der Waals surface area contributed by atoms with Crippen LogP contribution >= 0.6 is 0 Å². The summed E-state index contributed by atoms with van der Waals surface area (Å²) in [6, 6.07) is 0. The van der Waals surface area contributed by atoms with Crippen molar-refractivity contribution in [2.75, 3.05) is 0 Å². The molecule has 0 radical (unpaired) electrons. The summed E-state index contributed by atoms with van der Waals surface area (Å²) in [4.78, 5) is 0. The van der Waals surface area contributed by atoms with Gasteiger partial charge in [-0.25, -0.2) is 0 Å². The summed E-state index contributed by atoms with van der Waals surface area (Å²) in [5, 5.41) is 0. The van der Waals surface area contributed by atoms with Crippen molar-refractivity contribution >= 4 is 0 Å². The summed E-state index contributed by atoms with van der Waals surface area (Å²) >= 11 is 0. The Labute approximate surface area is 75.8 Å². The highest BCUT2D eigenvalue weighted by atomic mass is 16.5. The van der Waals surface area contributed by atoms with Crippen LogP contribution in [-0.4, -0.2) is 12.2 Å². The molecule has 0 bridgehead atoms. The van der Waals surface area contributed by atoms with E-state index in [9.17, 15) is 0 Å². The largest absolute Gasteiger partial charge is 0.370 e. The molecule has 0 unspecified atom stereocenters. The Kier molecular flexibility index (Phi) is 2.62. The van der Waals surface area contributed by atoms with Crippen LogP contribution in [0.2, 0.25) is 0 Å². The van der Waals surface area contributed by atoms with E-state index in [0.29, 0.717) is 12.2 Å². The molecule has 0 aliphatic carbocycles. The Bertz CT molecular complexity index is 186. The fourth-order valence-corrected chi connectivity index (χ4v) is 1.57. The molecule has 0 aromatic carbocycles. The summed E-state index contributed by atoms with van der Waals surface area (Å²) < 4.78 is 5.84. The first kappa shape index (κ1) is 9.79. The smallest absolute Gasteiger partial charge is 0.0810 e. The van der Waals surface area contributed by atoms with Gasteiger partial charge in [0.1, 0.15) is 0 Å². The molecule has 2 atom stereocenters. The van der Waals surface area contributed by atoms with Crippen LogP contribution in [-0.2, 0) is 4.74 Å². The Morgan fingerprint density at radius 2 is 2.00 bits per heavy atom. The SMILES string of the molecule is CC1=C[C@H](C(C)(C)C)O[C@H](C)C1. The van der Waals surface area contributed by atoms with Crippen LogP contribution in [0.25, 0.3) is 0 Å². The van der Waals surface area contributed by atoms with Crippen molar-refractivity contribution in [3.8, 4) is 0 Å². The lowest BCUT2D eigenvalue weighted by atomic mass is 9.86. The van der Waals surface area contributed by atoms with E-state index in [1.165, 1.54) is 5.57 Å². The molecule has 0 N–H and O–H groups in total. The van der Waals surface area contributed by atoms with Crippen molar-refractivity contribution in [1.82, 2.24) is 0 Å². The predicted molar refractivity (Wildman–Crippen MR) is 52.2 cm³/mol. The molecule has 0 fully saturated rings. The lowest BCUT2D eigenvalue weighted by Crippen LogP contribution is -2.33. The fraction of sp³-hybridized carbons (Fsp3) is 0.818. The van der Waals surface area contributed by atoms with E-state index in [0.717, 1.165) is 6.42 Å². The van der Waals surface area contributed by atoms with Crippen LogP contribution in [0, 0.1) is 5.41 Å². The van der Waals surface area contributed by atoms with Crippen LogP contribution in [0.15, 0.2) is 11.6 Å².